The lowest BCUT2D eigenvalue weighted by Gasteiger charge is -2.36. The smallest absolute Gasteiger partial charge is 0.252 e. The van der Waals surface area contributed by atoms with Gasteiger partial charge in [0.15, 0.2) is 11.6 Å². The molecule has 2 aromatic rings. The second-order valence-electron chi connectivity index (χ2n) is 6.17. The predicted octanol–water partition coefficient (Wildman–Crippen LogP) is 2.36. The van der Waals surface area contributed by atoms with Gasteiger partial charge in [0.2, 0.25) is 5.91 Å². The molecule has 0 spiro atoms. The van der Waals surface area contributed by atoms with Crippen LogP contribution in [0, 0.1) is 11.6 Å². The van der Waals surface area contributed by atoms with Crippen LogP contribution in [0.3, 0.4) is 0 Å². The van der Waals surface area contributed by atoms with Crippen LogP contribution in [0.2, 0.25) is 0 Å². The minimum Gasteiger partial charge on any atom is -0.325 e. The van der Waals surface area contributed by atoms with Gasteiger partial charge < -0.3 is 5.32 Å². The summed E-state index contributed by atoms with van der Waals surface area (Å²) in [6.45, 7) is 3.05. The van der Waals surface area contributed by atoms with E-state index in [1.165, 1.54) is 21.7 Å². The van der Waals surface area contributed by atoms with E-state index in [9.17, 15) is 22.0 Å². The maximum absolute atomic E-state index is 13.3. The summed E-state index contributed by atoms with van der Waals surface area (Å²) in [7, 11) is -3.50. The number of nitrogens with zero attached hydrogens (tertiary/aromatic N) is 2. The monoisotopic (exact) mass is 415 g/mol. The third-order valence-electron chi connectivity index (χ3n) is 4.48. The van der Waals surface area contributed by atoms with E-state index in [4.69, 9.17) is 0 Å². The summed E-state index contributed by atoms with van der Waals surface area (Å²) in [6, 6.07) is 5.89. The molecule has 3 rings (SSSR count). The summed E-state index contributed by atoms with van der Waals surface area (Å²) in [4.78, 5) is 14.2. The van der Waals surface area contributed by atoms with Crippen LogP contribution >= 0.6 is 11.3 Å². The van der Waals surface area contributed by atoms with E-state index in [1.54, 1.807) is 24.4 Å². The summed E-state index contributed by atoms with van der Waals surface area (Å²) in [6.07, 6.45) is 0. The summed E-state index contributed by atoms with van der Waals surface area (Å²) in [5.41, 5.74) is 0.171. The van der Waals surface area contributed by atoms with Crippen LogP contribution in [-0.4, -0.2) is 55.8 Å². The van der Waals surface area contributed by atoms with Crippen LogP contribution in [0.4, 0.5) is 14.5 Å². The quantitative estimate of drug-likeness (QED) is 0.814. The lowest BCUT2D eigenvalue weighted by molar-refractivity contribution is -0.121. The van der Waals surface area contributed by atoms with Crippen molar-refractivity contribution in [2.75, 3.05) is 31.5 Å². The Labute approximate surface area is 160 Å². The molecule has 146 valence electrons. The molecular formula is C17H19F2N3O3S2. The van der Waals surface area contributed by atoms with E-state index in [2.05, 4.69) is 5.32 Å². The molecule has 1 aromatic carbocycles. The third-order valence-corrected chi connectivity index (χ3v) is 7.75. The fourth-order valence-electron chi connectivity index (χ4n) is 2.86. The minimum atomic E-state index is -3.50. The highest BCUT2D eigenvalue weighted by molar-refractivity contribution is 7.91. The molecule has 10 heteroatoms. The zero-order valence-electron chi connectivity index (χ0n) is 14.6. The SMILES string of the molecule is C[C@@H](C(=O)Nc1ccc(F)c(F)c1)N1CCN(S(=O)(=O)c2cccs2)CC1. The number of piperazine rings is 1. The van der Waals surface area contributed by atoms with E-state index >= 15 is 0 Å². The van der Waals surface area contributed by atoms with E-state index in [1.807, 2.05) is 4.90 Å². The van der Waals surface area contributed by atoms with E-state index < -0.39 is 27.7 Å². The van der Waals surface area contributed by atoms with Gasteiger partial charge in [0, 0.05) is 37.9 Å². The molecule has 27 heavy (non-hydrogen) atoms. The third kappa shape index (κ3) is 4.34. The molecule has 1 fully saturated rings. The van der Waals surface area contributed by atoms with Gasteiger partial charge >= 0.3 is 0 Å². The Bertz CT molecular complexity index is 912. The molecule has 1 aliphatic rings. The normalized spacial score (nSPS) is 17.6. The number of sulfonamides is 1. The first kappa shape index (κ1) is 19.9. The first-order chi connectivity index (χ1) is 12.8. The molecular weight excluding hydrogens is 396 g/mol. The molecule has 0 radical (unpaired) electrons. The van der Waals surface area contributed by atoms with Crippen molar-refractivity contribution in [1.29, 1.82) is 0 Å². The van der Waals surface area contributed by atoms with Gasteiger partial charge in [-0.3, -0.25) is 9.69 Å². The van der Waals surface area contributed by atoms with Crippen LogP contribution in [0.1, 0.15) is 6.92 Å². The second-order valence-corrected chi connectivity index (χ2v) is 9.28. The lowest BCUT2D eigenvalue weighted by atomic mass is 10.2. The van der Waals surface area contributed by atoms with Gasteiger partial charge in [-0.25, -0.2) is 17.2 Å². The number of rotatable bonds is 5. The van der Waals surface area contributed by atoms with Crippen molar-refractivity contribution in [1.82, 2.24) is 9.21 Å². The molecule has 0 saturated carbocycles. The van der Waals surface area contributed by atoms with Gasteiger partial charge in [-0.1, -0.05) is 6.07 Å². The average molecular weight is 415 g/mol. The molecule has 1 N–H and O–H groups in total. The summed E-state index contributed by atoms with van der Waals surface area (Å²) in [5.74, 6) is -2.38. The number of carbonyl (C=O) groups excluding carboxylic acids is 1. The number of hydrogen-bond acceptors (Lipinski definition) is 5. The summed E-state index contributed by atoms with van der Waals surface area (Å²) < 4.78 is 53.0. The number of carbonyl (C=O) groups is 1. The number of thiophene rings is 1. The molecule has 1 amide bonds. The van der Waals surface area contributed by atoms with Crippen molar-refractivity contribution >= 4 is 33.0 Å². The standard InChI is InChI=1S/C17H19F2N3O3S2/c1-12(17(23)20-13-4-5-14(18)15(19)11-13)21-6-8-22(9-7-21)27(24,25)16-3-2-10-26-16/h2-5,10-12H,6-9H2,1H3,(H,20,23)/t12-/m0/s1. The van der Waals surface area contributed by atoms with E-state index in [-0.39, 0.29) is 24.7 Å². The van der Waals surface area contributed by atoms with Crippen molar-refractivity contribution in [3.63, 3.8) is 0 Å². The maximum Gasteiger partial charge on any atom is 0.252 e. The molecule has 0 aliphatic carbocycles. The van der Waals surface area contributed by atoms with Gasteiger partial charge in [0.05, 0.1) is 6.04 Å². The number of amides is 1. The van der Waals surface area contributed by atoms with Crippen molar-refractivity contribution in [2.24, 2.45) is 0 Å². The Kier molecular flexibility index (Phi) is 5.89. The van der Waals surface area contributed by atoms with Crippen LogP contribution in [0.5, 0.6) is 0 Å². The number of benzene rings is 1. The maximum atomic E-state index is 13.3. The van der Waals surface area contributed by atoms with E-state index in [0.29, 0.717) is 17.3 Å². The fraction of sp³-hybridized carbons (Fsp3) is 0.353. The molecule has 1 saturated heterocycles. The highest BCUT2D eigenvalue weighted by atomic mass is 32.2. The Hall–Kier alpha value is -1.88. The van der Waals surface area contributed by atoms with Crippen LogP contribution in [0.25, 0.3) is 0 Å². The number of nitrogens with one attached hydrogen (secondary N) is 1. The van der Waals surface area contributed by atoms with Crippen molar-refractivity contribution in [2.45, 2.75) is 17.2 Å². The molecule has 1 atom stereocenters. The van der Waals surface area contributed by atoms with Crippen LogP contribution in [-0.2, 0) is 14.8 Å². The Balaban J connectivity index is 1.58. The average Bonchev–Trinajstić information content (AvgIpc) is 3.20. The predicted molar refractivity (Wildman–Crippen MR) is 99.1 cm³/mol. The van der Waals surface area contributed by atoms with Gasteiger partial charge in [0.1, 0.15) is 4.21 Å². The van der Waals surface area contributed by atoms with Gasteiger partial charge in [-0.2, -0.15) is 4.31 Å². The second kappa shape index (κ2) is 8.01. The molecule has 2 heterocycles. The Morgan fingerprint density at radius 3 is 2.44 bits per heavy atom. The zero-order valence-corrected chi connectivity index (χ0v) is 16.2. The summed E-state index contributed by atoms with van der Waals surface area (Å²) >= 11 is 1.17. The van der Waals surface area contributed by atoms with Crippen molar-refractivity contribution < 1.29 is 22.0 Å². The van der Waals surface area contributed by atoms with Gasteiger partial charge in [0.25, 0.3) is 10.0 Å². The fourth-order valence-corrected chi connectivity index (χ4v) is 5.42. The molecule has 1 aliphatic heterocycles. The Morgan fingerprint density at radius 2 is 1.85 bits per heavy atom. The van der Waals surface area contributed by atoms with Crippen LogP contribution in [0.15, 0.2) is 39.9 Å². The highest BCUT2D eigenvalue weighted by Gasteiger charge is 2.32. The van der Waals surface area contributed by atoms with Crippen molar-refractivity contribution in [3.05, 3.63) is 47.3 Å². The number of halogens is 2. The highest BCUT2D eigenvalue weighted by Crippen LogP contribution is 2.22. The largest absolute Gasteiger partial charge is 0.325 e. The molecule has 0 unspecified atom stereocenters. The van der Waals surface area contributed by atoms with E-state index in [0.717, 1.165) is 12.1 Å². The number of hydrogen-bond donors (Lipinski definition) is 1. The molecule has 1 aromatic heterocycles. The molecule has 6 nitrogen and oxygen atoms in total. The van der Waals surface area contributed by atoms with Crippen molar-refractivity contribution in [3.8, 4) is 0 Å². The number of anilines is 1. The van der Waals surface area contributed by atoms with Gasteiger partial charge in [-0.15, -0.1) is 11.3 Å². The zero-order chi connectivity index (χ0) is 19.6. The van der Waals surface area contributed by atoms with Gasteiger partial charge in [-0.05, 0) is 30.5 Å². The minimum absolute atomic E-state index is 0.171. The topological polar surface area (TPSA) is 69.7 Å². The van der Waals surface area contributed by atoms with Crippen LogP contribution < -0.4 is 5.32 Å². The lowest BCUT2D eigenvalue weighted by Crippen LogP contribution is -2.53. The first-order valence-corrected chi connectivity index (χ1v) is 10.6. The summed E-state index contributed by atoms with van der Waals surface area (Å²) in [5, 5.41) is 4.27. The molecule has 0 bridgehead atoms. The Morgan fingerprint density at radius 1 is 1.15 bits per heavy atom. The first-order valence-electron chi connectivity index (χ1n) is 8.32.